The van der Waals surface area contributed by atoms with E-state index in [2.05, 4.69) is 12.1 Å². The number of fused-ring (bicyclic) bond motifs is 5. The molecule has 0 bridgehead atoms. The topological polar surface area (TPSA) is 80.5 Å². The van der Waals surface area contributed by atoms with Gasteiger partial charge in [0.1, 0.15) is 12.4 Å². The molecule has 0 saturated heterocycles. The highest BCUT2D eigenvalue weighted by atomic mass is 16.6. The van der Waals surface area contributed by atoms with Crippen molar-refractivity contribution in [2.75, 3.05) is 14.2 Å². The molecule has 0 amide bonds. The molecule has 2 N–H and O–H groups in total. The summed E-state index contributed by atoms with van der Waals surface area (Å²) in [7, 11) is 3.23. The maximum Gasteiger partial charge on any atom is 0.160 e. The van der Waals surface area contributed by atoms with Gasteiger partial charge in [0.05, 0.1) is 26.0 Å². The summed E-state index contributed by atoms with van der Waals surface area (Å²) in [5, 5.41) is 25.8. The van der Waals surface area contributed by atoms with Gasteiger partial charge in [-0.1, -0.05) is 24.2 Å². The first-order valence-corrected chi connectivity index (χ1v) is 11.9. The SMILES string of the molecule is COc1cccc(CO/N=C2\C[C@@H]3[C@H](CC[C@]4(C)[C@@H](O)CC[C@@H]34)c3cc(OC)c(O)cc32)c1. The van der Waals surface area contributed by atoms with E-state index < -0.39 is 0 Å². The van der Waals surface area contributed by atoms with Crippen molar-refractivity contribution in [2.24, 2.45) is 22.4 Å². The Kier molecular flexibility index (Phi) is 5.73. The minimum absolute atomic E-state index is 0.0355. The molecule has 176 valence electrons. The number of hydrogen-bond acceptors (Lipinski definition) is 6. The van der Waals surface area contributed by atoms with E-state index >= 15 is 0 Å². The quantitative estimate of drug-likeness (QED) is 0.625. The number of rotatable bonds is 5. The molecule has 0 heterocycles. The normalized spacial score (nSPS) is 31.5. The molecule has 6 heteroatoms. The molecule has 2 aromatic rings. The van der Waals surface area contributed by atoms with E-state index in [1.165, 1.54) is 5.56 Å². The van der Waals surface area contributed by atoms with Crippen LogP contribution < -0.4 is 9.47 Å². The molecular formula is C27H33NO5. The average Bonchev–Trinajstić information content (AvgIpc) is 3.13. The van der Waals surface area contributed by atoms with Crippen LogP contribution >= 0.6 is 0 Å². The number of ether oxygens (including phenoxy) is 2. The molecule has 0 aromatic heterocycles. The molecule has 2 fully saturated rings. The average molecular weight is 452 g/mol. The van der Waals surface area contributed by atoms with Crippen molar-refractivity contribution < 1.29 is 24.5 Å². The maximum atomic E-state index is 10.7. The second-order valence-corrected chi connectivity index (χ2v) is 9.99. The van der Waals surface area contributed by atoms with E-state index in [0.29, 0.717) is 30.1 Å². The number of phenols is 1. The van der Waals surface area contributed by atoms with Gasteiger partial charge in [0.25, 0.3) is 0 Å². The third-order valence-corrected chi connectivity index (χ3v) is 8.42. The molecule has 5 rings (SSSR count). The van der Waals surface area contributed by atoms with E-state index in [0.717, 1.165) is 54.7 Å². The Hall–Kier alpha value is -2.73. The highest BCUT2D eigenvalue weighted by Crippen LogP contribution is 2.61. The zero-order valence-electron chi connectivity index (χ0n) is 19.6. The van der Waals surface area contributed by atoms with E-state index in [-0.39, 0.29) is 17.3 Å². The number of hydrogen-bond donors (Lipinski definition) is 2. The van der Waals surface area contributed by atoms with Crippen molar-refractivity contribution in [1.29, 1.82) is 0 Å². The second kappa shape index (κ2) is 8.56. The van der Waals surface area contributed by atoms with Gasteiger partial charge >= 0.3 is 0 Å². The zero-order valence-corrected chi connectivity index (χ0v) is 19.6. The molecule has 2 saturated carbocycles. The predicted molar refractivity (Wildman–Crippen MR) is 126 cm³/mol. The lowest BCUT2D eigenvalue weighted by atomic mass is 9.55. The highest BCUT2D eigenvalue weighted by molar-refractivity contribution is 6.03. The molecule has 5 atom stereocenters. The Morgan fingerprint density at radius 3 is 2.73 bits per heavy atom. The lowest BCUT2D eigenvalue weighted by Gasteiger charge is -2.50. The smallest absolute Gasteiger partial charge is 0.160 e. The minimum atomic E-state index is -0.232. The molecule has 0 unspecified atom stereocenters. The number of aliphatic hydroxyl groups is 1. The molecule has 0 radical (unpaired) electrons. The van der Waals surface area contributed by atoms with E-state index in [9.17, 15) is 10.2 Å². The standard InChI is InChI=1S/C27H33NO5/c1-27-10-9-18-19-14-25(32-3)24(29)13-21(19)23(12-20(18)22(27)7-8-26(27)30)28-33-15-16-5-4-6-17(11-16)31-2/h4-6,11,13-14,18,20,22,26,29-30H,7-10,12,15H2,1-3H3/b28-23+/t18-,20-,22+,26+,27+/m1/s1. The fourth-order valence-corrected chi connectivity index (χ4v) is 6.60. The summed E-state index contributed by atoms with van der Waals surface area (Å²) in [6, 6.07) is 11.5. The number of benzene rings is 2. The van der Waals surface area contributed by atoms with Gasteiger partial charge in [0.2, 0.25) is 0 Å². The van der Waals surface area contributed by atoms with Crippen molar-refractivity contribution in [3.63, 3.8) is 0 Å². The van der Waals surface area contributed by atoms with Gasteiger partial charge < -0.3 is 24.5 Å². The summed E-state index contributed by atoms with van der Waals surface area (Å²) < 4.78 is 10.7. The number of phenolic OH excluding ortho intramolecular Hbond substituents is 1. The number of aliphatic hydroxyl groups excluding tert-OH is 1. The third kappa shape index (κ3) is 3.74. The molecule has 0 spiro atoms. The summed E-state index contributed by atoms with van der Waals surface area (Å²) in [5.41, 5.74) is 3.93. The minimum Gasteiger partial charge on any atom is -0.504 e. The maximum absolute atomic E-state index is 10.7. The first-order valence-electron chi connectivity index (χ1n) is 11.9. The van der Waals surface area contributed by atoms with Crippen molar-refractivity contribution in [3.8, 4) is 17.2 Å². The number of aromatic hydroxyl groups is 1. The van der Waals surface area contributed by atoms with Crippen LogP contribution in [0.1, 0.15) is 61.6 Å². The van der Waals surface area contributed by atoms with Gasteiger partial charge in [-0.2, -0.15) is 0 Å². The fraction of sp³-hybridized carbons (Fsp3) is 0.519. The van der Waals surface area contributed by atoms with E-state index in [1.807, 2.05) is 30.3 Å². The molecule has 3 aliphatic rings. The monoisotopic (exact) mass is 451 g/mol. The van der Waals surface area contributed by atoms with Crippen LogP contribution in [-0.4, -0.2) is 36.2 Å². The van der Waals surface area contributed by atoms with Crippen molar-refractivity contribution >= 4 is 5.71 Å². The molecule has 3 aliphatic carbocycles. The van der Waals surface area contributed by atoms with Gasteiger partial charge in [0, 0.05) is 5.56 Å². The third-order valence-electron chi connectivity index (χ3n) is 8.42. The largest absolute Gasteiger partial charge is 0.504 e. The van der Waals surface area contributed by atoms with Crippen LogP contribution in [0.5, 0.6) is 17.2 Å². The summed E-state index contributed by atoms with van der Waals surface area (Å²) in [6.45, 7) is 2.60. The van der Waals surface area contributed by atoms with Crippen molar-refractivity contribution in [2.45, 2.75) is 57.7 Å². The summed E-state index contributed by atoms with van der Waals surface area (Å²) in [6.07, 6.45) is 4.50. The Labute approximate surface area is 195 Å². The van der Waals surface area contributed by atoms with E-state index in [1.54, 1.807) is 20.3 Å². The predicted octanol–water partition coefficient (Wildman–Crippen LogP) is 5.00. The summed E-state index contributed by atoms with van der Waals surface area (Å²) >= 11 is 0. The fourth-order valence-electron chi connectivity index (χ4n) is 6.60. The van der Waals surface area contributed by atoms with Crippen molar-refractivity contribution in [3.05, 3.63) is 53.1 Å². The van der Waals surface area contributed by atoms with Crippen LogP contribution in [0.2, 0.25) is 0 Å². The molecule has 2 aromatic carbocycles. The molecule has 33 heavy (non-hydrogen) atoms. The Morgan fingerprint density at radius 2 is 1.94 bits per heavy atom. The molecule has 6 nitrogen and oxygen atoms in total. The molecule has 0 aliphatic heterocycles. The lowest BCUT2D eigenvalue weighted by Crippen LogP contribution is -2.45. The first-order chi connectivity index (χ1) is 15.9. The van der Waals surface area contributed by atoms with Gasteiger partial charge in [-0.05, 0) is 90.7 Å². The van der Waals surface area contributed by atoms with E-state index in [4.69, 9.17) is 14.3 Å². The Bertz CT molecular complexity index is 1070. The highest BCUT2D eigenvalue weighted by Gasteiger charge is 2.55. The van der Waals surface area contributed by atoms with Gasteiger partial charge in [-0.3, -0.25) is 0 Å². The van der Waals surface area contributed by atoms with Gasteiger partial charge in [-0.25, -0.2) is 0 Å². The van der Waals surface area contributed by atoms with Crippen LogP contribution in [0.15, 0.2) is 41.6 Å². The van der Waals surface area contributed by atoms with Gasteiger partial charge in [-0.15, -0.1) is 0 Å². The molecular weight excluding hydrogens is 418 g/mol. The van der Waals surface area contributed by atoms with Crippen molar-refractivity contribution in [1.82, 2.24) is 0 Å². The lowest BCUT2D eigenvalue weighted by molar-refractivity contribution is -0.0180. The number of oxime groups is 1. The Morgan fingerprint density at radius 1 is 1.09 bits per heavy atom. The van der Waals surface area contributed by atoms with Crippen LogP contribution in [0.3, 0.4) is 0 Å². The zero-order chi connectivity index (χ0) is 23.2. The number of methoxy groups -OCH3 is 2. The Balaban J connectivity index is 1.48. The first kappa shape index (κ1) is 22.1. The summed E-state index contributed by atoms with van der Waals surface area (Å²) in [4.78, 5) is 5.82. The van der Waals surface area contributed by atoms with Gasteiger partial charge in [0.15, 0.2) is 11.5 Å². The van der Waals surface area contributed by atoms with Crippen LogP contribution in [-0.2, 0) is 11.4 Å². The second-order valence-electron chi connectivity index (χ2n) is 9.99. The van der Waals surface area contributed by atoms with Crippen LogP contribution in [0.4, 0.5) is 0 Å². The number of nitrogens with zero attached hydrogens (tertiary/aromatic N) is 1. The van der Waals surface area contributed by atoms with Crippen LogP contribution in [0, 0.1) is 17.3 Å². The van der Waals surface area contributed by atoms with Crippen LogP contribution in [0.25, 0.3) is 0 Å². The summed E-state index contributed by atoms with van der Waals surface area (Å²) in [5.74, 6) is 2.60.